The van der Waals surface area contributed by atoms with Gasteiger partial charge in [-0.2, -0.15) is 0 Å². The van der Waals surface area contributed by atoms with Crippen molar-refractivity contribution in [2.75, 3.05) is 6.54 Å². The molecule has 21 heavy (non-hydrogen) atoms. The second-order valence-corrected chi connectivity index (χ2v) is 5.03. The van der Waals surface area contributed by atoms with Crippen molar-refractivity contribution >= 4 is 0 Å². The van der Waals surface area contributed by atoms with E-state index in [4.69, 9.17) is 0 Å². The predicted molar refractivity (Wildman–Crippen MR) is 85.9 cm³/mol. The minimum Gasteiger partial charge on any atom is -0.349 e. The summed E-state index contributed by atoms with van der Waals surface area (Å²) in [4.78, 5) is 7.32. The molecule has 3 nitrogen and oxygen atoms in total. The number of H-pyrrole nitrogens is 1. The number of aromatic nitrogens is 2. The Hall–Kier alpha value is -2.39. The number of aromatic amines is 1. The molecular weight excluding hydrogens is 258 g/mol. The molecule has 0 atom stereocenters. The summed E-state index contributed by atoms with van der Waals surface area (Å²) in [6.07, 6.45) is 4.57. The molecule has 3 heteroatoms. The number of hydrogen-bond donors (Lipinski definition) is 2. The number of nitrogens with zero attached hydrogens (tertiary/aromatic N) is 1. The third-order valence-corrected chi connectivity index (χ3v) is 3.48. The molecule has 0 unspecified atom stereocenters. The fraction of sp³-hybridized carbons (Fsp3) is 0.167. The van der Waals surface area contributed by atoms with Crippen LogP contribution < -0.4 is 5.32 Å². The fourth-order valence-corrected chi connectivity index (χ4v) is 2.32. The zero-order chi connectivity index (χ0) is 14.3. The van der Waals surface area contributed by atoms with Crippen molar-refractivity contribution in [1.29, 1.82) is 0 Å². The summed E-state index contributed by atoms with van der Waals surface area (Å²) in [6, 6.07) is 19.2. The van der Waals surface area contributed by atoms with E-state index in [1.807, 2.05) is 12.3 Å². The standard InChI is InChI=1S/C18H19N3/c1-2-4-16(5-3-1)17-8-6-15(7-9-17)14-19-11-10-18-20-12-13-21-18/h1-9,12-13,19H,10-11,14H2,(H,20,21). The molecule has 3 rings (SSSR count). The fourth-order valence-electron chi connectivity index (χ4n) is 2.32. The van der Waals surface area contributed by atoms with E-state index in [1.54, 1.807) is 6.20 Å². The van der Waals surface area contributed by atoms with E-state index in [1.165, 1.54) is 16.7 Å². The van der Waals surface area contributed by atoms with Crippen LogP contribution in [-0.2, 0) is 13.0 Å². The molecule has 0 amide bonds. The van der Waals surface area contributed by atoms with Gasteiger partial charge in [-0.15, -0.1) is 0 Å². The molecule has 106 valence electrons. The zero-order valence-electron chi connectivity index (χ0n) is 11.9. The summed E-state index contributed by atoms with van der Waals surface area (Å²) in [5, 5.41) is 3.44. The Morgan fingerprint density at radius 3 is 2.38 bits per heavy atom. The van der Waals surface area contributed by atoms with Crippen molar-refractivity contribution in [1.82, 2.24) is 15.3 Å². The molecule has 0 aliphatic heterocycles. The molecule has 0 spiro atoms. The van der Waals surface area contributed by atoms with Crippen LogP contribution in [0.25, 0.3) is 11.1 Å². The summed E-state index contributed by atoms with van der Waals surface area (Å²) in [5.41, 5.74) is 3.82. The first kappa shape index (κ1) is 13.6. The first-order valence-corrected chi connectivity index (χ1v) is 7.25. The van der Waals surface area contributed by atoms with Crippen LogP contribution in [0.1, 0.15) is 11.4 Å². The van der Waals surface area contributed by atoms with Gasteiger partial charge in [0.2, 0.25) is 0 Å². The van der Waals surface area contributed by atoms with E-state index < -0.39 is 0 Å². The third-order valence-electron chi connectivity index (χ3n) is 3.48. The average Bonchev–Trinajstić information content (AvgIpc) is 3.06. The van der Waals surface area contributed by atoms with Crippen LogP contribution in [0, 0.1) is 0 Å². The molecule has 3 aromatic rings. The lowest BCUT2D eigenvalue weighted by Crippen LogP contribution is -2.17. The molecule has 1 heterocycles. The Morgan fingerprint density at radius 2 is 1.67 bits per heavy atom. The normalized spacial score (nSPS) is 10.7. The molecule has 0 aliphatic rings. The summed E-state index contributed by atoms with van der Waals surface area (Å²) < 4.78 is 0. The van der Waals surface area contributed by atoms with Crippen LogP contribution in [0.3, 0.4) is 0 Å². The maximum atomic E-state index is 4.21. The van der Waals surface area contributed by atoms with Gasteiger partial charge in [-0.25, -0.2) is 4.98 Å². The van der Waals surface area contributed by atoms with E-state index >= 15 is 0 Å². The summed E-state index contributed by atoms with van der Waals surface area (Å²) in [5.74, 6) is 1.03. The largest absolute Gasteiger partial charge is 0.349 e. The smallest absolute Gasteiger partial charge is 0.107 e. The first-order chi connectivity index (χ1) is 10.4. The zero-order valence-corrected chi connectivity index (χ0v) is 11.9. The van der Waals surface area contributed by atoms with Crippen LogP contribution in [0.4, 0.5) is 0 Å². The number of nitrogens with one attached hydrogen (secondary N) is 2. The van der Waals surface area contributed by atoms with Crippen LogP contribution in [-0.4, -0.2) is 16.5 Å². The highest BCUT2D eigenvalue weighted by Gasteiger charge is 1.98. The van der Waals surface area contributed by atoms with E-state index in [2.05, 4.69) is 63.8 Å². The Bertz CT molecular complexity index is 643. The van der Waals surface area contributed by atoms with Gasteiger partial charge in [0.15, 0.2) is 0 Å². The van der Waals surface area contributed by atoms with Crippen LogP contribution in [0.5, 0.6) is 0 Å². The molecule has 1 aromatic heterocycles. The highest BCUT2D eigenvalue weighted by Crippen LogP contribution is 2.19. The highest BCUT2D eigenvalue weighted by molar-refractivity contribution is 5.63. The number of imidazole rings is 1. The van der Waals surface area contributed by atoms with E-state index in [9.17, 15) is 0 Å². The van der Waals surface area contributed by atoms with Crippen LogP contribution in [0.15, 0.2) is 67.0 Å². The number of hydrogen-bond acceptors (Lipinski definition) is 2. The summed E-state index contributed by atoms with van der Waals surface area (Å²) in [7, 11) is 0. The summed E-state index contributed by atoms with van der Waals surface area (Å²) >= 11 is 0. The maximum Gasteiger partial charge on any atom is 0.107 e. The van der Waals surface area contributed by atoms with E-state index in [0.29, 0.717) is 0 Å². The lowest BCUT2D eigenvalue weighted by atomic mass is 10.0. The monoisotopic (exact) mass is 277 g/mol. The molecule has 0 aliphatic carbocycles. The lowest BCUT2D eigenvalue weighted by molar-refractivity contribution is 0.674. The first-order valence-electron chi connectivity index (χ1n) is 7.25. The quantitative estimate of drug-likeness (QED) is 0.678. The topological polar surface area (TPSA) is 40.7 Å². The van der Waals surface area contributed by atoms with Gasteiger partial charge in [0, 0.05) is 31.9 Å². The molecule has 0 fully saturated rings. The van der Waals surface area contributed by atoms with Crippen molar-refractivity contribution in [3.63, 3.8) is 0 Å². The number of benzene rings is 2. The van der Waals surface area contributed by atoms with Crippen molar-refractivity contribution in [3.8, 4) is 11.1 Å². The minimum atomic E-state index is 0.885. The van der Waals surface area contributed by atoms with E-state index in [0.717, 1.165) is 25.3 Å². The number of rotatable bonds is 6. The Balaban J connectivity index is 1.50. The Kier molecular flexibility index (Phi) is 4.44. The van der Waals surface area contributed by atoms with Crippen molar-refractivity contribution in [2.45, 2.75) is 13.0 Å². The van der Waals surface area contributed by atoms with Crippen molar-refractivity contribution in [2.24, 2.45) is 0 Å². The third kappa shape index (κ3) is 3.80. The molecule has 0 radical (unpaired) electrons. The molecule has 0 saturated carbocycles. The molecular formula is C18H19N3. The van der Waals surface area contributed by atoms with Crippen molar-refractivity contribution in [3.05, 3.63) is 78.4 Å². The maximum absolute atomic E-state index is 4.21. The lowest BCUT2D eigenvalue weighted by Gasteiger charge is -2.06. The summed E-state index contributed by atoms with van der Waals surface area (Å²) in [6.45, 7) is 1.81. The molecule has 0 bridgehead atoms. The second-order valence-electron chi connectivity index (χ2n) is 5.03. The molecule has 0 saturated heterocycles. The van der Waals surface area contributed by atoms with Gasteiger partial charge >= 0.3 is 0 Å². The van der Waals surface area contributed by atoms with Gasteiger partial charge in [0.25, 0.3) is 0 Å². The Morgan fingerprint density at radius 1 is 0.905 bits per heavy atom. The SMILES string of the molecule is c1ccc(-c2ccc(CNCCc3ncc[nH]3)cc2)cc1. The van der Waals surface area contributed by atoms with Crippen molar-refractivity contribution < 1.29 is 0 Å². The van der Waals surface area contributed by atoms with E-state index in [-0.39, 0.29) is 0 Å². The highest BCUT2D eigenvalue weighted by atomic mass is 14.9. The Labute approximate surface area is 125 Å². The van der Waals surface area contributed by atoms with Gasteiger partial charge in [0.1, 0.15) is 5.82 Å². The second kappa shape index (κ2) is 6.86. The van der Waals surface area contributed by atoms with Gasteiger partial charge in [-0.1, -0.05) is 54.6 Å². The van der Waals surface area contributed by atoms with Crippen LogP contribution in [0.2, 0.25) is 0 Å². The van der Waals surface area contributed by atoms with Gasteiger partial charge in [0.05, 0.1) is 0 Å². The molecule has 2 N–H and O–H groups in total. The van der Waals surface area contributed by atoms with Gasteiger partial charge < -0.3 is 10.3 Å². The van der Waals surface area contributed by atoms with Gasteiger partial charge in [-0.05, 0) is 16.7 Å². The van der Waals surface area contributed by atoms with Gasteiger partial charge in [-0.3, -0.25) is 0 Å². The molecule has 2 aromatic carbocycles. The average molecular weight is 277 g/mol. The van der Waals surface area contributed by atoms with Crippen LogP contribution >= 0.6 is 0 Å². The minimum absolute atomic E-state index is 0.885. The predicted octanol–water partition coefficient (Wildman–Crippen LogP) is 3.41.